The number of carbonyl (C=O) groups is 1. The van der Waals surface area contributed by atoms with E-state index >= 15 is 0 Å². The van der Waals surface area contributed by atoms with E-state index in [4.69, 9.17) is 14.3 Å². The van der Waals surface area contributed by atoms with Crippen molar-refractivity contribution < 1.29 is 22.4 Å². The Morgan fingerprint density at radius 3 is 2.58 bits per heavy atom. The van der Waals surface area contributed by atoms with E-state index in [2.05, 4.69) is 5.32 Å². The Kier molecular flexibility index (Phi) is 4.00. The molecule has 3 aromatic rings. The zero-order valence-corrected chi connectivity index (χ0v) is 13.5. The summed E-state index contributed by atoms with van der Waals surface area (Å²) in [6.45, 7) is 0. The van der Waals surface area contributed by atoms with Crippen LogP contribution in [0, 0.1) is 0 Å². The number of sulfonamides is 1. The molecule has 0 bridgehead atoms. The summed E-state index contributed by atoms with van der Waals surface area (Å²) < 4.78 is 33.6. The monoisotopic (exact) mass is 346 g/mol. The second-order valence-electron chi connectivity index (χ2n) is 5.01. The number of nitrogens with one attached hydrogen (secondary N) is 1. The van der Waals surface area contributed by atoms with Crippen molar-refractivity contribution in [3.63, 3.8) is 0 Å². The van der Waals surface area contributed by atoms with Crippen molar-refractivity contribution in [2.75, 3.05) is 12.4 Å². The molecule has 0 unspecified atom stereocenters. The fraction of sp³-hybridized carbons (Fsp3) is 0.0625. The molecule has 24 heavy (non-hydrogen) atoms. The van der Waals surface area contributed by atoms with Gasteiger partial charge < -0.3 is 14.5 Å². The largest absolute Gasteiger partial charge is 0.495 e. The van der Waals surface area contributed by atoms with Gasteiger partial charge in [-0.05, 0) is 30.3 Å². The Morgan fingerprint density at radius 2 is 1.92 bits per heavy atom. The first-order chi connectivity index (χ1) is 11.4. The quantitative estimate of drug-likeness (QED) is 0.753. The molecule has 0 radical (unpaired) electrons. The molecule has 0 aliphatic rings. The molecule has 1 aromatic heterocycles. The molecule has 0 saturated carbocycles. The summed E-state index contributed by atoms with van der Waals surface area (Å²) in [5.41, 5.74) is 0.841. The first-order valence-corrected chi connectivity index (χ1v) is 8.44. The van der Waals surface area contributed by atoms with Crippen LogP contribution in [0.1, 0.15) is 10.6 Å². The average Bonchev–Trinajstić information content (AvgIpc) is 2.98. The number of rotatable bonds is 4. The van der Waals surface area contributed by atoms with E-state index in [0.29, 0.717) is 5.58 Å². The summed E-state index contributed by atoms with van der Waals surface area (Å²) >= 11 is 0. The molecule has 0 aliphatic carbocycles. The number of hydrogen-bond donors (Lipinski definition) is 2. The number of primary sulfonamides is 1. The van der Waals surface area contributed by atoms with Crippen molar-refractivity contribution in [1.82, 2.24) is 0 Å². The van der Waals surface area contributed by atoms with Gasteiger partial charge in [-0.25, -0.2) is 13.6 Å². The zero-order chi connectivity index (χ0) is 17.3. The van der Waals surface area contributed by atoms with Crippen LogP contribution in [0.25, 0.3) is 11.0 Å². The number of fused-ring (bicyclic) bond motifs is 1. The average molecular weight is 346 g/mol. The predicted molar refractivity (Wildman–Crippen MR) is 88.5 cm³/mol. The maximum absolute atomic E-state index is 12.3. The zero-order valence-electron chi connectivity index (χ0n) is 12.6. The highest BCUT2D eigenvalue weighted by molar-refractivity contribution is 7.89. The predicted octanol–water partition coefficient (Wildman–Crippen LogP) is 2.34. The third-order valence-electron chi connectivity index (χ3n) is 3.38. The normalized spacial score (nSPS) is 11.4. The summed E-state index contributed by atoms with van der Waals surface area (Å²) in [5, 5.41) is 8.52. The van der Waals surface area contributed by atoms with Crippen LogP contribution in [0.5, 0.6) is 5.75 Å². The Morgan fingerprint density at radius 1 is 1.17 bits per heavy atom. The fourth-order valence-corrected chi connectivity index (χ4v) is 2.99. The lowest BCUT2D eigenvalue weighted by atomic mass is 10.2. The van der Waals surface area contributed by atoms with Crippen molar-refractivity contribution in [2.24, 2.45) is 5.14 Å². The van der Waals surface area contributed by atoms with E-state index in [1.807, 2.05) is 12.1 Å². The van der Waals surface area contributed by atoms with Gasteiger partial charge in [0.2, 0.25) is 10.0 Å². The van der Waals surface area contributed by atoms with Crippen LogP contribution in [-0.4, -0.2) is 21.4 Å². The van der Waals surface area contributed by atoms with Gasteiger partial charge in [-0.1, -0.05) is 18.2 Å². The Labute approximate surface area is 138 Å². The first-order valence-electron chi connectivity index (χ1n) is 6.89. The number of anilines is 1. The lowest BCUT2D eigenvalue weighted by molar-refractivity contribution is 0.0998. The van der Waals surface area contributed by atoms with Gasteiger partial charge in [0, 0.05) is 11.1 Å². The molecule has 0 atom stereocenters. The second-order valence-corrected chi connectivity index (χ2v) is 6.54. The molecule has 0 saturated heterocycles. The number of benzene rings is 2. The van der Waals surface area contributed by atoms with Crippen LogP contribution in [0.4, 0.5) is 5.69 Å². The number of methoxy groups -OCH3 is 1. The third-order valence-corrected chi connectivity index (χ3v) is 4.31. The van der Waals surface area contributed by atoms with Gasteiger partial charge in [0.1, 0.15) is 16.2 Å². The highest BCUT2D eigenvalue weighted by atomic mass is 32.2. The third kappa shape index (κ3) is 3.10. The minimum Gasteiger partial charge on any atom is -0.495 e. The Balaban J connectivity index is 1.91. The molecular formula is C16H14N2O5S. The second kappa shape index (κ2) is 5.99. The number of furan rings is 1. The van der Waals surface area contributed by atoms with Crippen LogP contribution < -0.4 is 15.2 Å². The number of nitrogens with two attached hydrogens (primary N) is 1. The van der Waals surface area contributed by atoms with E-state index in [1.165, 1.54) is 25.3 Å². The molecule has 3 rings (SSSR count). The minimum atomic E-state index is -3.99. The van der Waals surface area contributed by atoms with E-state index in [9.17, 15) is 13.2 Å². The maximum Gasteiger partial charge on any atom is 0.291 e. The summed E-state index contributed by atoms with van der Waals surface area (Å²) in [6, 6.07) is 13.0. The molecule has 7 nitrogen and oxygen atoms in total. The number of ether oxygens (including phenoxy) is 1. The van der Waals surface area contributed by atoms with Crippen molar-refractivity contribution in [3.05, 3.63) is 54.3 Å². The number of para-hydroxylation sites is 1. The topological polar surface area (TPSA) is 112 Å². The van der Waals surface area contributed by atoms with Gasteiger partial charge in [-0.2, -0.15) is 0 Å². The number of amides is 1. The van der Waals surface area contributed by atoms with Crippen LogP contribution in [0.15, 0.2) is 57.8 Å². The number of carbonyl (C=O) groups excluding carboxylic acids is 1. The van der Waals surface area contributed by atoms with E-state index < -0.39 is 15.9 Å². The standard InChI is InChI=1S/C16H14N2O5S/c1-22-13-7-6-11(9-15(13)24(17,20)21)18-16(19)14-8-10-4-2-3-5-12(10)23-14/h2-9H,1H3,(H,18,19)(H2,17,20,21). The Hall–Kier alpha value is -2.84. The summed E-state index contributed by atoms with van der Waals surface area (Å²) in [4.78, 5) is 12.1. The molecule has 1 heterocycles. The molecular weight excluding hydrogens is 332 g/mol. The van der Waals surface area contributed by atoms with Gasteiger partial charge >= 0.3 is 0 Å². The van der Waals surface area contributed by atoms with Crippen molar-refractivity contribution in [3.8, 4) is 5.75 Å². The molecule has 124 valence electrons. The van der Waals surface area contributed by atoms with Gasteiger partial charge in [0.25, 0.3) is 5.91 Å². The van der Waals surface area contributed by atoms with Crippen LogP contribution in [0.3, 0.4) is 0 Å². The molecule has 0 fully saturated rings. The van der Waals surface area contributed by atoms with E-state index in [0.717, 1.165) is 5.39 Å². The smallest absolute Gasteiger partial charge is 0.291 e. The van der Waals surface area contributed by atoms with Gasteiger partial charge in [0.15, 0.2) is 5.76 Å². The lowest BCUT2D eigenvalue weighted by Crippen LogP contribution is -2.15. The number of hydrogen-bond acceptors (Lipinski definition) is 5. The molecule has 1 amide bonds. The Bertz CT molecular complexity index is 991. The van der Waals surface area contributed by atoms with Gasteiger partial charge in [0.05, 0.1) is 7.11 Å². The maximum atomic E-state index is 12.3. The summed E-state index contributed by atoms with van der Waals surface area (Å²) in [7, 11) is -2.66. The minimum absolute atomic E-state index is 0.0965. The van der Waals surface area contributed by atoms with Crippen molar-refractivity contribution >= 4 is 32.6 Å². The lowest BCUT2D eigenvalue weighted by Gasteiger charge is -2.09. The highest BCUT2D eigenvalue weighted by Crippen LogP contribution is 2.27. The van der Waals surface area contributed by atoms with Gasteiger partial charge in [-0.15, -0.1) is 0 Å². The SMILES string of the molecule is COc1ccc(NC(=O)c2cc3ccccc3o2)cc1S(N)(=O)=O. The first kappa shape index (κ1) is 16.0. The molecule has 3 N–H and O–H groups in total. The van der Waals surface area contributed by atoms with Crippen LogP contribution >= 0.6 is 0 Å². The highest BCUT2D eigenvalue weighted by Gasteiger charge is 2.18. The molecule has 8 heteroatoms. The van der Waals surface area contributed by atoms with E-state index in [1.54, 1.807) is 18.2 Å². The van der Waals surface area contributed by atoms with Crippen molar-refractivity contribution in [2.45, 2.75) is 4.90 Å². The molecule has 2 aromatic carbocycles. The van der Waals surface area contributed by atoms with Crippen LogP contribution in [0.2, 0.25) is 0 Å². The molecule has 0 aliphatic heterocycles. The summed E-state index contributed by atoms with van der Waals surface area (Å²) in [5.74, 6) is -0.292. The summed E-state index contributed by atoms with van der Waals surface area (Å²) in [6.07, 6.45) is 0. The molecule has 0 spiro atoms. The van der Waals surface area contributed by atoms with E-state index in [-0.39, 0.29) is 22.1 Å². The van der Waals surface area contributed by atoms with Gasteiger partial charge in [-0.3, -0.25) is 4.79 Å². The fourth-order valence-electron chi connectivity index (χ4n) is 2.26. The van der Waals surface area contributed by atoms with Crippen LogP contribution in [-0.2, 0) is 10.0 Å². The van der Waals surface area contributed by atoms with Crippen molar-refractivity contribution in [1.29, 1.82) is 0 Å².